The van der Waals surface area contributed by atoms with E-state index in [4.69, 9.17) is 5.63 Å². The van der Waals surface area contributed by atoms with Crippen LogP contribution in [0.1, 0.15) is 0 Å². The van der Waals surface area contributed by atoms with Crippen LogP contribution in [-0.2, 0) is 40.8 Å². The van der Waals surface area contributed by atoms with Gasteiger partial charge in [0.05, 0.1) is 0 Å². The molecule has 2 aromatic carbocycles. The van der Waals surface area contributed by atoms with Gasteiger partial charge in [-0.3, -0.25) is 0 Å². The molecule has 0 unspecified atom stereocenters. The Balaban J connectivity index is 1.76. The fourth-order valence-corrected chi connectivity index (χ4v) is 13.8. The molecule has 2 aliphatic rings. The molecular weight excluding hydrogens is 540 g/mol. The number of rotatable bonds is 8. The molecular formula is C24H24O6S2Zr. The summed E-state index contributed by atoms with van der Waals surface area (Å²) in [7, 11) is -6.65. The zero-order valence-electron chi connectivity index (χ0n) is 18.2. The minimum atomic E-state index is -4.18. The van der Waals surface area contributed by atoms with Gasteiger partial charge >= 0.3 is 201 Å². The zero-order valence-corrected chi connectivity index (χ0v) is 22.2. The molecule has 0 bridgehead atoms. The van der Waals surface area contributed by atoms with Crippen LogP contribution in [0.5, 0.6) is 11.5 Å². The first-order chi connectivity index (χ1) is 15.6. The van der Waals surface area contributed by atoms with E-state index < -0.39 is 40.8 Å². The van der Waals surface area contributed by atoms with Crippen molar-refractivity contribution in [2.75, 3.05) is 12.5 Å². The summed E-state index contributed by atoms with van der Waals surface area (Å²) < 4.78 is 60.7. The average molecular weight is 564 g/mol. The second-order valence-electron chi connectivity index (χ2n) is 8.00. The molecule has 0 radical (unpaired) electrons. The van der Waals surface area contributed by atoms with E-state index in [0.29, 0.717) is 11.5 Å². The van der Waals surface area contributed by atoms with Gasteiger partial charge in [0.25, 0.3) is 0 Å². The quantitative estimate of drug-likeness (QED) is 0.460. The molecule has 0 heterocycles. The predicted molar refractivity (Wildman–Crippen MR) is 124 cm³/mol. The molecule has 0 aliphatic heterocycles. The first kappa shape index (κ1) is 23.9. The summed E-state index contributed by atoms with van der Waals surface area (Å²) in [6, 6.07) is 12.7. The van der Waals surface area contributed by atoms with Crippen molar-refractivity contribution < 1.29 is 43.6 Å². The number of benzene rings is 2. The van der Waals surface area contributed by atoms with E-state index in [1.807, 2.05) is 24.3 Å². The van der Waals surface area contributed by atoms with E-state index in [0.717, 1.165) is 12.5 Å². The molecule has 2 aromatic rings. The third-order valence-electron chi connectivity index (χ3n) is 5.48. The van der Waals surface area contributed by atoms with Crippen LogP contribution in [0, 0.1) is 0 Å². The molecule has 0 atom stereocenters. The monoisotopic (exact) mass is 562 g/mol. The SMILES string of the molecule is CS(=O)(=O)c1ccc([O][Zr]([O]c2ccc(S(C)(=O)=O)cc2)([CH]2C=CC=C2)[CH]2C=CC=C2)cc1. The fraction of sp³-hybridized carbons (Fsp3) is 0.167. The van der Waals surface area contributed by atoms with Gasteiger partial charge in [0.1, 0.15) is 0 Å². The van der Waals surface area contributed by atoms with Crippen molar-refractivity contribution in [3.8, 4) is 11.5 Å². The van der Waals surface area contributed by atoms with Crippen molar-refractivity contribution in [2.45, 2.75) is 17.0 Å². The summed E-state index contributed by atoms with van der Waals surface area (Å²) in [5.74, 6) is 1.07. The van der Waals surface area contributed by atoms with E-state index in [1.54, 1.807) is 24.3 Å². The second kappa shape index (κ2) is 9.20. The predicted octanol–water partition coefficient (Wildman–Crippen LogP) is 4.76. The molecule has 0 saturated heterocycles. The summed E-state index contributed by atoms with van der Waals surface area (Å²) in [5.41, 5.74) is 0. The number of sulfone groups is 2. The van der Waals surface area contributed by atoms with Gasteiger partial charge in [-0.25, -0.2) is 0 Å². The number of hydrogen-bond donors (Lipinski definition) is 0. The molecule has 2 aliphatic carbocycles. The van der Waals surface area contributed by atoms with E-state index in [1.165, 1.54) is 24.3 Å². The maximum absolute atomic E-state index is 11.9. The maximum atomic E-state index is 11.9. The van der Waals surface area contributed by atoms with Crippen molar-refractivity contribution in [1.29, 1.82) is 0 Å². The third-order valence-corrected chi connectivity index (χ3v) is 16.9. The van der Waals surface area contributed by atoms with Crippen LogP contribution in [0.3, 0.4) is 0 Å². The molecule has 0 fully saturated rings. The zero-order chi connectivity index (χ0) is 23.7. The van der Waals surface area contributed by atoms with Crippen LogP contribution in [0.4, 0.5) is 0 Å². The number of hydrogen-bond acceptors (Lipinski definition) is 6. The molecule has 0 aromatic heterocycles. The Morgan fingerprint density at radius 1 is 0.576 bits per heavy atom. The summed E-state index contributed by atoms with van der Waals surface area (Å²) >= 11 is -4.18. The first-order valence-corrected chi connectivity index (χ1v) is 18.9. The number of allylic oxidation sites excluding steroid dienone is 8. The fourth-order valence-electron chi connectivity index (χ4n) is 3.79. The minimum absolute atomic E-state index is 0.0548. The van der Waals surface area contributed by atoms with Crippen LogP contribution >= 0.6 is 0 Å². The molecule has 33 heavy (non-hydrogen) atoms. The molecule has 9 heteroatoms. The van der Waals surface area contributed by atoms with Gasteiger partial charge in [0.15, 0.2) is 0 Å². The Morgan fingerprint density at radius 2 is 0.879 bits per heavy atom. The van der Waals surface area contributed by atoms with Crippen molar-refractivity contribution in [2.24, 2.45) is 0 Å². The Morgan fingerprint density at radius 3 is 1.15 bits per heavy atom. The van der Waals surface area contributed by atoms with Crippen molar-refractivity contribution >= 4 is 19.7 Å². The standard InChI is InChI=1S/2C7H8O3S.2C5H5.Zr/c2*1-11(9,10)7-4-2-6(8)3-5-7;2*1-2-4-5-3-1;/h2*2-5,8H,1H3;2*1-5H;/q;;;;+2/p-2. The van der Waals surface area contributed by atoms with Gasteiger partial charge < -0.3 is 0 Å². The Labute approximate surface area is 200 Å². The van der Waals surface area contributed by atoms with Gasteiger partial charge in [-0.15, -0.1) is 0 Å². The molecule has 172 valence electrons. The van der Waals surface area contributed by atoms with E-state index in [2.05, 4.69) is 24.3 Å². The van der Waals surface area contributed by atoms with Gasteiger partial charge in [-0.2, -0.15) is 0 Å². The van der Waals surface area contributed by atoms with Crippen LogP contribution in [0.25, 0.3) is 0 Å². The van der Waals surface area contributed by atoms with Crippen molar-refractivity contribution in [1.82, 2.24) is 0 Å². The van der Waals surface area contributed by atoms with E-state index in [-0.39, 0.29) is 17.0 Å². The Bertz CT molecular complexity index is 1220. The third kappa shape index (κ3) is 5.31. The summed E-state index contributed by atoms with van der Waals surface area (Å²) in [6.45, 7) is 0. The Kier molecular flexibility index (Phi) is 6.67. The summed E-state index contributed by atoms with van der Waals surface area (Å²) in [6.07, 6.45) is 18.4. The van der Waals surface area contributed by atoms with Crippen LogP contribution in [0.15, 0.2) is 107 Å². The van der Waals surface area contributed by atoms with Crippen LogP contribution in [-0.4, -0.2) is 29.3 Å². The van der Waals surface area contributed by atoms with Gasteiger partial charge in [0, 0.05) is 0 Å². The van der Waals surface area contributed by atoms with E-state index in [9.17, 15) is 16.8 Å². The average Bonchev–Trinajstić information content (AvgIpc) is 3.47. The van der Waals surface area contributed by atoms with Crippen molar-refractivity contribution in [3.05, 3.63) is 97.1 Å². The molecule has 0 N–H and O–H groups in total. The van der Waals surface area contributed by atoms with Gasteiger partial charge in [-0.1, -0.05) is 0 Å². The van der Waals surface area contributed by atoms with Crippen LogP contribution < -0.4 is 5.63 Å². The summed E-state index contributed by atoms with van der Waals surface area (Å²) in [4.78, 5) is 0.434. The van der Waals surface area contributed by atoms with Gasteiger partial charge in [0.2, 0.25) is 0 Å². The molecule has 0 saturated carbocycles. The van der Waals surface area contributed by atoms with E-state index >= 15 is 0 Å². The second-order valence-corrected chi connectivity index (χ2v) is 19.9. The normalized spacial score (nSPS) is 16.5. The van der Waals surface area contributed by atoms with Crippen LogP contribution in [0.2, 0.25) is 7.25 Å². The molecule has 6 nitrogen and oxygen atoms in total. The van der Waals surface area contributed by atoms with Crippen molar-refractivity contribution in [3.63, 3.8) is 0 Å². The Hall–Kier alpha value is -2.22. The molecule has 0 amide bonds. The topological polar surface area (TPSA) is 86.7 Å². The van der Waals surface area contributed by atoms with Gasteiger partial charge in [-0.05, 0) is 0 Å². The molecule has 4 rings (SSSR count). The first-order valence-electron chi connectivity index (χ1n) is 10.3. The molecule has 0 spiro atoms. The summed E-state index contributed by atoms with van der Waals surface area (Å²) in [5, 5.41) is 0.